The summed E-state index contributed by atoms with van der Waals surface area (Å²) in [5.41, 5.74) is 3.54. The number of hydrogen-bond donors (Lipinski definition) is 2. The lowest BCUT2D eigenvalue weighted by Crippen LogP contribution is -2.52. The molecule has 1 aliphatic rings. The van der Waals surface area contributed by atoms with Crippen molar-refractivity contribution in [3.8, 4) is 0 Å². The Morgan fingerprint density at radius 1 is 1.29 bits per heavy atom. The van der Waals surface area contributed by atoms with Crippen molar-refractivity contribution in [1.82, 2.24) is 4.90 Å². The minimum absolute atomic E-state index is 0.0189. The van der Waals surface area contributed by atoms with Gasteiger partial charge in [0, 0.05) is 18.8 Å². The third-order valence-electron chi connectivity index (χ3n) is 4.53. The van der Waals surface area contributed by atoms with Crippen LogP contribution < -0.4 is 16.0 Å². The number of nitrogens with two attached hydrogens (primary N) is 1. The van der Waals surface area contributed by atoms with Crippen LogP contribution in [0.3, 0.4) is 0 Å². The molecule has 0 aliphatic carbocycles. The average Bonchev–Trinajstić information content (AvgIpc) is 2.59. The van der Waals surface area contributed by atoms with Gasteiger partial charge in [0.15, 0.2) is 6.04 Å². The molecule has 3 N–H and O–H groups in total. The van der Waals surface area contributed by atoms with E-state index in [9.17, 15) is 27.6 Å². The summed E-state index contributed by atoms with van der Waals surface area (Å²) in [5, 5.41) is 2.33. The molecule has 0 saturated carbocycles. The van der Waals surface area contributed by atoms with Crippen molar-refractivity contribution in [2.45, 2.75) is 33.0 Å². The molecule has 2 rings (SSSR count). The number of likely N-dealkylation sites (N-methyl/N-ethyl adjacent to an activating group) is 1. The fraction of sp³-hybridized carbons (Fsp3) is 0.550. The molecule has 1 aliphatic heterocycles. The molecular weight excluding hydrogens is 417 g/mol. The first-order chi connectivity index (χ1) is 14.2. The molecule has 1 saturated heterocycles. The van der Waals surface area contributed by atoms with Crippen molar-refractivity contribution in [3.05, 3.63) is 23.8 Å². The van der Waals surface area contributed by atoms with E-state index in [1.54, 1.807) is 0 Å². The maximum absolute atomic E-state index is 13.7. The van der Waals surface area contributed by atoms with Gasteiger partial charge in [-0.25, -0.2) is 0 Å². The number of carbonyl (C=O) groups excluding carboxylic acids is 3. The van der Waals surface area contributed by atoms with E-state index in [1.165, 1.54) is 18.0 Å². The number of primary amides is 1. The van der Waals surface area contributed by atoms with Gasteiger partial charge < -0.3 is 20.7 Å². The van der Waals surface area contributed by atoms with Crippen LogP contribution in [0.5, 0.6) is 0 Å². The quantitative estimate of drug-likeness (QED) is 0.652. The Balaban J connectivity index is 2.32. The van der Waals surface area contributed by atoms with Crippen molar-refractivity contribution in [2.24, 2.45) is 11.1 Å². The van der Waals surface area contributed by atoms with Gasteiger partial charge in [0.1, 0.15) is 6.61 Å². The molecule has 3 amide bonds. The SMILES string of the molecule is CN(CC(C)(C)C)[C@@H](C(N)=O)C(=O)Nc1ccc(N2CCOCC2=O)c(C(F)(F)F)c1. The highest BCUT2D eigenvalue weighted by Gasteiger charge is 2.38. The van der Waals surface area contributed by atoms with Gasteiger partial charge in [0.25, 0.3) is 11.8 Å². The number of morpholine rings is 1. The first-order valence-corrected chi connectivity index (χ1v) is 9.60. The fourth-order valence-corrected chi connectivity index (χ4v) is 3.45. The highest BCUT2D eigenvalue weighted by Crippen LogP contribution is 2.38. The minimum atomic E-state index is -4.78. The van der Waals surface area contributed by atoms with Crippen molar-refractivity contribution < 1.29 is 32.3 Å². The number of ether oxygens (including phenoxy) is 1. The summed E-state index contributed by atoms with van der Waals surface area (Å²) in [6.07, 6.45) is -4.78. The summed E-state index contributed by atoms with van der Waals surface area (Å²) in [4.78, 5) is 39.0. The van der Waals surface area contributed by atoms with Gasteiger partial charge >= 0.3 is 6.18 Å². The predicted molar refractivity (Wildman–Crippen MR) is 108 cm³/mol. The summed E-state index contributed by atoms with van der Waals surface area (Å²) in [6, 6.07) is 1.72. The van der Waals surface area contributed by atoms with Gasteiger partial charge in [0.2, 0.25) is 5.91 Å². The molecule has 31 heavy (non-hydrogen) atoms. The van der Waals surface area contributed by atoms with Crippen molar-refractivity contribution in [1.29, 1.82) is 0 Å². The molecule has 1 aromatic carbocycles. The fourth-order valence-electron chi connectivity index (χ4n) is 3.45. The zero-order valence-electron chi connectivity index (χ0n) is 17.9. The zero-order valence-corrected chi connectivity index (χ0v) is 17.9. The summed E-state index contributed by atoms with van der Waals surface area (Å²) in [6.45, 7) is 5.84. The molecule has 1 aromatic rings. The number of rotatable bonds is 6. The Labute approximate surface area is 178 Å². The van der Waals surface area contributed by atoms with Crippen LogP contribution in [-0.4, -0.2) is 62.0 Å². The van der Waals surface area contributed by atoms with Crippen LogP contribution >= 0.6 is 0 Å². The molecular formula is C20H27F3N4O4. The Hall–Kier alpha value is -2.66. The Morgan fingerprint density at radius 3 is 2.45 bits per heavy atom. The van der Waals surface area contributed by atoms with Gasteiger partial charge in [-0.2, -0.15) is 13.2 Å². The number of benzene rings is 1. The number of alkyl halides is 3. The number of nitrogens with one attached hydrogen (secondary N) is 1. The summed E-state index contributed by atoms with van der Waals surface area (Å²) < 4.78 is 46.0. The summed E-state index contributed by atoms with van der Waals surface area (Å²) in [5.74, 6) is -2.36. The second-order valence-corrected chi connectivity index (χ2v) is 8.60. The maximum Gasteiger partial charge on any atom is 0.418 e. The highest BCUT2D eigenvalue weighted by molar-refractivity contribution is 6.09. The molecule has 0 spiro atoms. The number of hydrogen-bond acceptors (Lipinski definition) is 5. The largest absolute Gasteiger partial charge is 0.418 e. The minimum Gasteiger partial charge on any atom is -0.370 e. The van der Waals surface area contributed by atoms with Crippen LogP contribution in [0, 0.1) is 5.41 Å². The standard InChI is InChI=1S/C20H27F3N4O4/c1-19(2,3)11-26(4)16(17(24)29)18(30)25-12-5-6-14(13(9-12)20(21,22)23)27-7-8-31-10-15(27)28/h5-6,9,16H,7-8,10-11H2,1-4H3,(H2,24,29)(H,25,30)/t16-/m0/s1. The monoisotopic (exact) mass is 444 g/mol. The molecule has 1 atom stereocenters. The Morgan fingerprint density at radius 2 is 1.94 bits per heavy atom. The molecule has 1 heterocycles. The first kappa shape index (κ1) is 24.6. The van der Waals surface area contributed by atoms with Gasteiger partial charge in [0.05, 0.1) is 17.9 Å². The lowest BCUT2D eigenvalue weighted by molar-refractivity contribution is -0.138. The number of nitrogens with zero attached hydrogens (tertiary/aromatic N) is 2. The van der Waals surface area contributed by atoms with E-state index < -0.39 is 35.5 Å². The van der Waals surface area contributed by atoms with Gasteiger partial charge in [-0.1, -0.05) is 20.8 Å². The van der Waals surface area contributed by atoms with E-state index in [0.717, 1.165) is 17.0 Å². The van der Waals surface area contributed by atoms with Gasteiger partial charge in [-0.05, 0) is 30.7 Å². The van der Waals surface area contributed by atoms with E-state index in [-0.39, 0.29) is 36.5 Å². The van der Waals surface area contributed by atoms with E-state index in [1.807, 2.05) is 20.8 Å². The molecule has 11 heteroatoms. The molecule has 8 nitrogen and oxygen atoms in total. The molecule has 172 valence electrons. The zero-order chi connectivity index (χ0) is 23.6. The van der Waals surface area contributed by atoms with Gasteiger partial charge in [-0.3, -0.25) is 19.3 Å². The first-order valence-electron chi connectivity index (χ1n) is 9.60. The van der Waals surface area contributed by atoms with E-state index >= 15 is 0 Å². The van der Waals surface area contributed by atoms with E-state index in [0.29, 0.717) is 6.54 Å². The lowest BCUT2D eigenvalue weighted by Gasteiger charge is -2.31. The van der Waals surface area contributed by atoms with Crippen molar-refractivity contribution in [2.75, 3.05) is 43.6 Å². The molecule has 0 radical (unpaired) electrons. The maximum atomic E-state index is 13.7. The average molecular weight is 444 g/mol. The smallest absolute Gasteiger partial charge is 0.370 e. The molecule has 1 fully saturated rings. The van der Waals surface area contributed by atoms with Crippen molar-refractivity contribution >= 4 is 29.1 Å². The van der Waals surface area contributed by atoms with Crippen LogP contribution in [0.15, 0.2) is 18.2 Å². The Bertz CT molecular complexity index is 852. The number of halogens is 3. The highest BCUT2D eigenvalue weighted by atomic mass is 19.4. The van der Waals surface area contributed by atoms with Crippen LogP contribution in [0.4, 0.5) is 24.5 Å². The van der Waals surface area contributed by atoms with Crippen LogP contribution in [0.25, 0.3) is 0 Å². The Kier molecular flexibility index (Phi) is 7.32. The third-order valence-corrected chi connectivity index (χ3v) is 4.53. The lowest BCUT2D eigenvalue weighted by atomic mass is 9.95. The number of anilines is 2. The van der Waals surface area contributed by atoms with E-state index in [2.05, 4.69) is 5.32 Å². The number of carbonyl (C=O) groups is 3. The van der Waals surface area contributed by atoms with Crippen LogP contribution in [-0.2, 0) is 25.3 Å². The number of amides is 3. The molecule has 0 aromatic heterocycles. The van der Waals surface area contributed by atoms with Crippen molar-refractivity contribution in [3.63, 3.8) is 0 Å². The second-order valence-electron chi connectivity index (χ2n) is 8.60. The predicted octanol–water partition coefficient (Wildman–Crippen LogP) is 1.84. The van der Waals surface area contributed by atoms with Crippen LogP contribution in [0.1, 0.15) is 26.3 Å². The molecule has 0 unspecified atom stereocenters. The van der Waals surface area contributed by atoms with E-state index in [4.69, 9.17) is 10.5 Å². The summed E-state index contributed by atoms with van der Waals surface area (Å²) in [7, 11) is 1.54. The van der Waals surface area contributed by atoms with Gasteiger partial charge in [-0.15, -0.1) is 0 Å². The topological polar surface area (TPSA) is 105 Å². The second kappa shape index (κ2) is 9.23. The third kappa shape index (κ3) is 6.41. The molecule has 0 bridgehead atoms. The van der Waals surface area contributed by atoms with Crippen LogP contribution in [0.2, 0.25) is 0 Å². The normalized spacial score (nSPS) is 16.4. The summed E-state index contributed by atoms with van der Waals surface area (Å²) >= 11 is 0.